The quantitative estimate of drug-likeness (QED) is 0.643. The molecule has 1 rings (SSSR count). The summed E-state index contributed by atoms with van der Waals surface area (Å²) in [6.07, 6.45) is 6.39. The molecule has 0 spiro atoms. The minimum absolute atomic E-state index is 0.517. The fourth-order valence-electron chi connectivity index (χ4n) is 1.79. The summed E-state index contributed by atoms with van der Waals surface area (Å²) < 4.78 is 5.67. The average molecular weight is 280 g/mol. The van der Waals surface area contributed by atoms with Gasteiger partial charge in [0.25, 0.3) is 0 Å². The van der Waals surface area contributed by atoms with Gasteiger partial charge >= 0.3 is 0 Å². The number of nitrogens with two attached hydrogens (primary N) is 1. The highest BCUT2D eigenvalue weighted by atomic mass is 16.5. The molecule has 1 aromatic rings. The van der Waals surface area contributed by atoms with Crippen LogP contribution in [0.1, 0.15) is 58.7 Å². The lowest BCUT2D eigenvalue weighted by molar-refractivity contribution is 0.298. The van der Waals surface area contributed by atoms with Crippen LogP contribution in [-0.4, -0.2) is 23.1 Å². The molecule has 0 aliphatic rings. The van der Waals surface area contributed by atoms with Crippen molar-refractivity contribution in [3.63, 3.8) is 0 Å². The number of nitrogen functional groups attached to an aromatic ring is 1. The highest BCUT2D eigenvalue weighted by Crippen LogP contribution is 2.26. The van der Waals surface area contributed by atoms with Crippen molar-refractivity contribution >= 4 is 11.5 Å². The molecule has 3 N–H and O–H groups in total. The Bertz CT molecular complexity index is 396. The average Bonchev–Trinajstić information content (AvgIpc) is 2.46. The molecule has 1 aromatic heterocycles. The Labute approximate surface area is 122 Å². The van der Waals surface area contributed by atoms with Crippen molar-refractivity contribution in [1.82, 2.24) is 9.97 Å². The van der Waals surface area contributed by atoms with Gasteiger partial charge in [0.1, 0.15) is 11.5 Å². The summed E-state index contributed by atoms with van der Waals surface area (Å²) in [7, 11) is 0. The van der Waals surface area contributed by atoms with Gasteiger partial charge in [-0.1, -0.05) is 40.0 Å². The minimum Gasteiger partial charge on any atom is -0.476 e. The minimum atomic E-state index is 0.517. The van der Waals surface area contributed by atoms with E-state index in [1.165, 1.54) is 12.8 Å². The molecule has 20 heavy (non-hydrogen) atoms. The molecule has 0 atom stereocenters. The third-order valence-electron chi connectivity index (χ3n) is 3.08. The molecule has 0 radical (unpaired) electrons. The first-order valence-electron chi connectivity index (χ1n) is 7.75. The molecule has 0 bridgehead atoms. The first kappa shape index (κ1) is 16.5. The van der Waals surface area contributed by atoms with Crippen molar-refractivity contribution in [3.05, 3.63) is 5.82 Å². The summed E-state index contributed by atoms with van der Waals surface area (Å²) in [5.74, 6) is 1.99. The Balaban J connectivity index is 2.73. The zero-order valence-electron chi connectivity index (χ0n) is 13.0. The Morgan fingerprint density at radius 2 is 1.80 bits per heavy atom. The van der Waals surface area contributed by atoms with E-state index in [0.29, 0.717) is 24.0 Å². The van der Waals surface area contributed by atoms with Gasteiger partial charge in [0.2, 0.25) is 5.88 Å². The molecule has 5 heteroatoms. The molecule has 114 valence electrons. The van der Waals surface area contributed by atoms with E-state index in [1.807, 2.05) is 6.92 Å². The van der Waals surface area contributed by atoms with Crippen molar-refractivity contribution in [2.75, 3.05) is 24.2 Å². The maximum atomic E-state index is 6.09. The van der Waals surface area contributed by atoms with E-state index in [2.05, 4.69) is 29.1 Å². The smallest absolute Gasteiger partial charge is 0.242 e. The van der Waals surface area contributed by atoms with E-state index in [1.54, 1.807) is 0 Å². The number of nitrogens with one attached hydrogen (secondary N) is 1. The monoisotopic (exact) mass is 280 g/mol. The van der Waals surface area contributed by atoms with Gasteiger partial charge in [0.05, 0.1) is 6.61 Å². The highest BCUT2D eigenvalue weighted by Gasteiger charge is 2.12. The van der Waals surface area contributed by atoms with Gasteiger partial charge in [-0.25, -0.2) is 4.98 Å². The molecule has 1 heterocycles. The van der Waals surface area contributed by atoms with E-state index in [0.717, 1.165) is 38.1 Å². The Kier molecular flexibility index (Phi) is 7.77. The molecular formula is C15H28N4O. The van der Waals surface area contributed by atoms with Gasteiger partial charge in [0, 0.05) is 13.0 Å². The lowest BCUT2D eigenvalue weighted by Gasteiger charge is -2.13. The summed E-state index contributed by atoms with van der Waals surface area (Å²) in [5, 5.41) is 3.30. The molecule has 5 nitrogen and oxygen atoms in total. The molecule has 0 aromatic carbocycles. The molecule has 0 aliphatic heterocycles. The second-order valence-corrected chi connectivity index (χ2v) is 4.90. The predicted octanol–water partition coefficient (Wildman–Crippen LogP) is 3.40. The van der Waals surface area contributed by atoms with E-state index in [4.69, 9.17) is 10.5 Å². The largest absolute Gasteiger partial charge is 0.476 e. The second-order valence-electron chi connectivity index (χ2n) is 4.90. The van der Waals surface area contributed by atoms with E-state index < -0.39 is 0 Å². The van der Waals surface area contributed by atoms with Crippen LogP contribution in [0.25, 0.3) is 0 Å². The number of rotatable bonds is 10. The molecule has 0 fully saturated rings. The first-order valence-corrected chi connectivity index (χ1v) is 7.75. The maximum absolute atomic E-state index is 6.09. The number of aromatic nitrogens is 2. The van der Waals surface area contributed by atoms with Crippen LogP contribution >= 0.6 is 0 Å². The van der Waals surface area contributed by atoms with Crippen LogP contribution in [0.3, 0.4) is 0 Å². The molecule has 0 unspecified atom stereocenters. The number of unbranched alkanes of at least 4 members (excludes halogenated alkanes) is 3. The lowest BCUT2D eigenvalue weighted by atomic mass is 10.2. The van der Waals surface area contributed by atoms with Crippen molar-refractivity contribution in [2.45, 2.75) is 59.3 Å². The number of hydrogen-bond acceptors (Lipinski definition) is 5. The van der Waals surface area contributed by atoms with Crippen LogP contribution in [0.5, 0.6) is 5.88 Å². The molecular weight excluding hydrogens is 252 g/mol. The zero-order valence-corrected chi connectivity index (χ0v) is 13.0. The zero-order chi connectivity index (χ0) is 14.8. The standard InChI is InChI=1S/C15H28N4O/c1-4-7-9-10-17-14-13(16)15(20-11-8-5-2)19-12(6-3)18-14/h4-11,16H2,1-3H3,(H,17,18,19). The summed E-state index contributed by atoms with van der Waals surface area (Å²) in [4.78, 5) is 8.82. The summed E-state index contributed by atoms with van der Waals surface area (Å²) in [6.45, 7) is 7.88. The van der Waals surface area contributed by atoms with Crippen LogP contribution in [0, 0.1) is 0 Å². The number of hydrogen-bond donors (Lipinski definition) is 2. The second kappa shape index (κ2) is 9.39. The number of aryl methyl sites for hydroxylation is 1. The van der Waals surface area contributed by atoms with Gasteiger partial charge in [-0.15, -0.1) is 0 Å². The third-order valence-corrected chi connectivity index (χ3v) is 3.08. The van der Waals surface area contributed by atoms with Crippen LogP contribution in [0.4, 0.5) is 11.5 Å². The van der Waals surface area contributed by atoms with Crippen molar-refractivity contribution in [2.24, 2.45) is 0 Å². The van der Waals surface area contributed by atoms with Crippen molar-refractivity contribution < 1.29 is 4.74 Å². The first-order chi connectivity index (χ1) is 9.72. The normalized spacial score (nSPS) is 10.6. The number of ether oxygens (including phenoxy) is 1. The Morgan fingerprint density at radius 3 is 2.45 bits per heavy atom. The van der Waals surface area contributed by atoms with E-state index >= 15 is 0 Å². The van der Waals surface area contributed by atoms with Gasteiger partial charge in [-0.05, 0) is 12.8 Å². The third kappa shape index (κ3) is 5.23. The Hall–Kier alpha value is -1.52. The summed E-state index contributed by atoms with van der Waals surface area (Å²) in [6, 6.07) is 0. The van der Waals surface area contributed by atoms with Gasteiger partial charge < -0.3 is 15.8 Å². The van der Waals surface area contributed by atoms with Gasteiger partial charge in [0.15, 0.2) is 5.82 Å². The number of nitrogens with zero attached hydrogens (tertiary/aromatic N) is 2. The highest BCUT2D eigenvalue weighted by molar-refractivity contribution is 5.66. The predicted molar refractivity (Wildman–Crippen MR) is 84.2 cm³/mol. The van der Waals surface area contributed by atoms with Gasteiger partial charge in [-0.3, -0.25) is 0 Å². The molecule has 0 saturated carbocycles. The van der Waals surface area contributed by atoms with Crippen LogP contribution in [0.2, 0.25) is 0 Å². The topological polar surface area (TPSA) is 73.1 Å². The fourth-order valence-corrected chi connectivity index (χ4v) is 1.79. The van der Waals surface area contributed by atoms with E-state index in [9.17, 15) is 0 Å². The van der Waals surface area contributed by atoms with Crippen LogP contribution in [-0.2, 0) is 6.42 Å². The van der Waals surface area contributed by atoms with Crippen molar-refractivity contribution in [3.8, 4) is 5.88 Å². The van der Waals surface area contributed by atoms with Crippen molar-refractivity contribution in [1.29, 1.82) is 0 Å². The van der Waals surface area contributed by atoms with Gasteiger partial charge in [-0.2, -0.15) is 4.98 Å². The Morgan fingerprint density at radius 1 is 1.05 bits per heavy atom. The SMILES string of the molecule is CCCCCNc1nc(CC)nc(OCCCC)c1N. The maximum Gasteiger partial charge on any atom is 0.242 e. The molecule has 0 saturated heterocycles. The molecule has 0 amide bonds. The summed E-state index contributed by atoms with van der Waals surface area (Å²) >= 11 is 0. The molecule has 0 aliphatic carbocycles. The van der Waals surface area contributed by atoms with Crippen LogP contribution in [0.15, 0.2) is 0 Å². The lowest BCUT2D eigenvalue weighted by Crippen LogP contribution is -2.12. The number of anilines is 2. The van der Waals surface area contributed by atoms with E-state index in [-0.39, 0.29) is 0 Å². The van der Waals surface area contributed by atoms with Crippen LogP contribution < -0.4 is 15.8 Å². The fraction of sp³-hybridized carbons (Fsp3) is 0.733. The summed E-state index contributed by atoms with van der Waals surface area (Å²) in [5.41, 5.74) is 6.61.